The number of non-ortho nitro benzene ring substituents is 1. The van der Waals surface area contributed by atoms with Gasteiger partial charge in [0.2, 0.25) is 0 Å². The first-order chi connectivity index (χ1) is 13.0. The smallest absolute Gasteiger partial charge is 0.271 e. The van der Waals surface area contributed by atoms with Gasteiger partial charge in [0, 0.05) is 22.8 Å². The number of rotatable bonds is 3. The van der Waals surface area contributed by atoms with E-state index in [9.17, 15) is 14.9 Å². The molecule has 0 spiro atoms. The predicted octanol–water partition coefficient (Wildman–Crippen LogP) is 2.36. The Morgan fingerprint density at radius 1 is 1.22 bits per heavy atom. The molecule has 0 radical (unpaired) electrons. The van der Waals surface area contributed by atoms with Crippen LogP contribution in [-0.4, -0.2) is 16.2 Å². The summed E-state index contributed by atoms with van der Waals surface area (Å²) in [6.45, 7) is 0.830. The number of benzene rings is 2. The number of nitrogens with zero attached hydrogens (tertiary/aromatic N) is 4. The van der Waals surface area contributed by atoms with Crippen LogP contribution in [0.4, 0.5) is 11.4 Å². The van der Waals surface area contributed by atoms with Gasteiger partial charge in [-0.25, -0.2) is 4.99 Å². The Morgan fingerprint density at radius 3 is 2.74 bits per heavy atom. The number of aromatic nitrogens is 1. The van der Waals surface area contributed by atoms with E-state index >= 15 is 0 Å². The molecule has 2 heterocycles. The maximum atomic E-state index is 12.8. The molecule has 0 saturated heterocycles. The molecule has 136 valence electrons. The van der Waals surface area contributed by atoms with Crippen LogP contribution in [0.5, 0.6) is 0 Å². The normalized spacial score (nSPS) is 14.0. The zero-order chi connectivity index (χ0) is 19.0. The monoisotopic (exact) mass is 400 g/mol. The summed E-state index contributed by atoms with van der Waals surface area (Å²) < 4.78 is 2.10. The minimum atomic E-state index is -0.455. The molecule has 1 aliphatic rings. The van der Waals surface area contributed by atoms with E-state index in [2.05, 4.69) is 4.99 Å². The van der Waals surface area contributed by atoms with Gasteiger partial charge in [-0.05, 0) is 35.9 Å². The molecular weight excluding hydrogens is 388 g/mol. The topological polar surface area (TPSA) is 80.7 Å². The summed E-state index contributed by atoms with van der Waals surface area (Å²) in [5, 5.41) is 11.6. The Balaban J connectivity index is 1.70. The number of nitro groups is 1. The summed E-state index contributed by atoms with van der Waals surface area (Å²) in [5.41, 5.74) is 1.36. The fraction of sp³-hybridized carbons (Fsp3) is 0.111. The van der Waals surface area contributed by atoms with E-state index in [0.29, 0.717) is 33.3 Å². The quantitative estimate of drug-likeness (QED) is 0.499. The Labute approximate surface area is 162 Å². The van der Waals surface area contributed by atoms with Crippen molar-refractivity contribution in [2.75, 3.05) is 11.6 Å². The molecule has 0 amide bonds. The van der Waals surface area contributed by atoms with Crippen molar-refractivity contribution in [3.05, 3.63) is 88.9 Å². The van der Waals surface area contributed by atoms with E-state index < -0.39 is 4.92 Å². The Hall–Kier alpha value is -2.97. The molecule has 3 aromatic rings. The van der Waals surface area contributed by atoms with Crippen molar-refractivity contribution in [1.82, 2.24) is 4.57 Å². The Bertz CT molecular complexity index is 1200. The van der Waals surface area contributed by atoms with Crippen molar-refractivity contribution >= 4 is 40.4 Å². The van der Waals surface area contributed by atoms with Gasteiger partial charge in [-0.3, -0.25) is 19.5 Å². The van der Waals surface area contributed by atoms with Crippen LogP contribution in [0.25, 0.3) is 6.08 Å². The van der Waals surface area contributed by atoms with Gasteiger partial charge >= 0.3 is 0 Å². The highest BCUT2D eigenvalue weighted by molar-refractivity contribution is 7.07. The van der Waals surface area contributed by atoms with Crippen molar-refractivity contribution in [1.29, 1.82) is 0 Å². The number of halogens is 1. The molecule has 4 rings (SSSR count). The Kier molecular flexibility index (Phi) is 4.51. The van der Waals surface area contributed by atoms with E-state index in [1.807, 2.05) is 17.0 Å². The molecule has 9 heteroatoms. The lowest BCUT2D eigenvalue weighted by molar-refractivity contribution is -0.384. The maximum absolute atomic E-state index is 12.8. The standard InChI is InChI=1S/C18H13ClN4O3S/c19-13-4-6-14(7-5-13)21-10-20-18-22(11-21)17(24)16(27-18)9-12-2-1-3-15(8-12)23(25)26/h1-9H,10-11H2/b16-9-. The van der Waals surface area contributed by atoms with Crippen molar-refractivity contribution in [3.63, 3.8) is 0 Å². The second-order valence-electron chi connectivity index (χ2n) is 5.94. The second-order valence-corrected chi connectivity index (χ2v) is 7.38. The fourth-order valence-electron chi connectivity index (χ4n) is 2.81. The summed E-state index contributed by atoms with van der Waals surface area (Å²) >= 11 is 7.21. The minimum absolute atomic E-state index is 0.0104. The van der Waals surface area contributed by atoms with Crippen LogP contribution >= 0.6 is 22.9 Å². The van der Waals surface area contributed by atoms with Crippen LogP contribution in [0.3, 0.4) is 0 Å². The molecule has 0 bridgehead atoms. The van der Waals surface area contributed by atoms with Crippen LogP contribution in [0.1, 0.15) is 5.56 Å². The van der Waals surface area contributed by atoms with Gasteiger partial charge in [0.05, 0.1) is 9.46 Å². The highest BCUT2D eigenvalue weighted by atomic mass is 35.5. The van der Waals surface area contributed by atoms with Gasteiger partial charge in [-0.2, -0.15) is 0 Å². The first kappa shape index (κ1) is 17.4. The van der Waals surface area contributed by atoms with Gasteiger partial charge in [0.1, 0.15) is 13.3 Å². The first-order valence-electron chi connectivity index (χ1n) is 8.02. The van der Waals surface area contributed by atoms with Crippen molar-refractivity contribution in [2.45, 2.75) is 6.67 Å². The zero-order valence-electron chi connectivity index (χ0n) is 13.9. The van der Waals surface area contributed by atoms with Crippen LogP contribution in [0, 0.1) is 10.1 Å². The second kappa shape index (κ2) is 6.98. The number of hydrogen-bond acceptors (Lipinski definition) is 6. The summed E-state index contributed by atoms with van der Waals surface area (Å²) in [4.78, 5) is 30.3. The SMILES string of the molecule is O=c1/c(=C/c2cccc([N+](=O)[O-])c2)sc2n1CN(c1ccc(Cl)cc1)CN=2. The summed E-state index contributed by atoms with van der Waals surface area (Å²) in [5.74, 6) is 0. The minimum Gasteiger partial charge on any atom is -0.334 e. The average Bonchev–Trinajstić information content (AvgIpc) is 2.98. The van der Waals surface area contributed by atoms with Crippen LogP contribution in [0.2, 0.25) is 5.02 Å². The van der Waals surface area contributed by atoms with Crippen molar-refractivity contribution < 1.29 is 4.92 Å². The molecule has 27 heavy (non-hydrogen) atoms. The van der Waals surface area contributed by atoms with E-state index in [1.54, 1.807) is 34.9 Å². The lowest BCUT2D eigenvalue weighted by Gasteiger charge is -2.25. The predicted molar refractivity (Wildman–Crippen MR) is 105 cm³/mol. The van der Waals surface area contributed by atoms with Gasteiger partial charge < -0.3 is 4.90 Å². The molecule has 1 aliphatic heterocycles. The largest absolute Gasteiger partial charge is 0.334 e. The van der Waals surface area contributed by atoms with Crippen molar-refractivity contribution in [3.8, 4) is 0 Å². The molecule has 0 fully saturated rings. The lowest BCUT2D eigenvalue weighted by atomic mass is 10.2. The summed E-state index contributed by atoms with van der Waals surface area (Å²) in [6.07, 6.45) is 1.66. The molecule has 2 aromatic carbocycles. The zero-order valence-corrected chi connectivity index (χ0v) is 15.5. The van der Waals surface area contributed by atoms with Gasteiger partial charge in [-0.15, -0.1) is 0 Å². The molecule has 7 nitrogen and oxygen atoms in total. The van der Waals surface area contributed by atoms with Crippen molar-refractivity contribution in [2.24, 2.45) is 4.99 Å². The third kappa shape index (κ3) is 3.49. The van der Waals surface area contributed by atoms with E-state index in [-0.39, 0.29) is 11.2 Å². The number of anilines is 1. The average molecular weight is 401 g/mol. The van der Waals surface area contributed by atoms with E-state index in [0.717, 1.165) is 5.69 Å². The maximum Gasteiger partial charge on any atom is 0.271 e. The summed E-state index contributed by atoms with van der Waals surface area (Å²) in [6, 6.07) is 13.6. The highest BCUT2D eigenvalue weighted by Gasteiger charge is 2.16. The highest BCUT2D eigenvalue weighted by Crippen LogP contribution is 2.19. The number of nitro benzene ring substituents is 1. The molecule has 0 atom stereocenters. The van der Waals surface area contributed by atoms with Crippen LogP contribution in [0.15, 0.2) is 58.3 Å². The molecule has 1 aromatic heterocycles. The van der Waals surface area contributed by atoms with Gasteiger partial charge in [-0.1, -0.05) is 35.1 Å². The Morgan fingerprint density at radius 2 is 2.00 bits per heavy atom. The number of fused-ring (bicyclic) bond motifs is 1. The molecular formula is C18H13ClN4O3S. The van der Waals surface area contributed by atoms with Crippen LogP contribution < -0.4 is 19.8 Å². The number of hydrogen-bond donors (Lipinski definition) is 0. The third-order valence-electron chi connectivity index (χ3n) is 4.15. The fourth-order valence-corrected chi connectivity index (χ4v) is 3.89. The van der Waals surface area contributed by atoms with Gasteiger partial charge in [0.15, 0.2) is 4.80 Å². The third-order valence-corrected chi connectivity index (χ3v) is 5.44. The molecule has 0 unspecified atom stereocenters. The summed E-state index contributed by atoms with van der Waals surface area (Å²) in [7, 11) is 0. The van der Waals surface area contributed by atoms with Gasteiger partial charge in [0.25, 0.3) is 11.2 Å². The van der Waals surface area contributed by atoms with E-state index in [1.165, 1.54) is 23.5 Å². The molecule has 0 N–H and O–H groups in total. The number of thiazole rings is 1. The molecule has 0 saturated carbocycles. The van der Waals surface area contributed by atoms with E-state index in [4.69, 9.17) is 11.6 Å². The molecule has 0 aliphatic carbocycles. The van der Waals surface area contributed by atoms with Crippen LogP contribution in [-0.2, 0) is 6.67 Å². The first-order valence-corrected chi connectivity index (χ1v) is 9.21. The lowest BCUT2D eigenvalue weighted by Crippen LogP contribution is -2.42.